The lowest BCUT2D eigenvalue weighted by atomic mass is 9.82. The summed E-state index contributed by atoms with van der Waals surface area (Å²) in [6.45, 7) is 6.48. The maximum absolute atomic E-state index is 12.2. The second-order valence-corrected chi connectivity index (χ2v) is 6.18. The zero-order valence-electron chi connectivity index (χ0n) is 11.4. The van der Waals surface area contributed by atoms with E-state index in [2.05, 4.69) is 26.1 Å². The summed E-state index contributed by atoms with van der Waals surface area (Å²) in [5.41, 5.74) is -0.123. The molecule has 1 fully saturated rings. The topological polar surface area (TPSA) is 29.1 Å². The fraction of sp³-hybridized carbons (Fsp3) is 0.929. The number of nitrogens with one attached hydrogen (secondary N) is 1. The number of carbonyl (C=O) groups excluding carboxylic acids is 1. The van der Waals surface area contributed by atoms with Crippen LogP contribution in [0.5, 0.6) is 0 Å². The van der Waals surface area contributed by atoms with Gasteiger partial charge in [-0.25, -0.2) is 0 Å². The van der Waals surface area contributed by atoms with E-state index in [0.29, 0.717) is 5.88 Å². The third kappa shape index (κ3) is 4.50. The first-order valence-electron chi connectivity index (χ1n) is 6.88. The Morgan fingerprint density at radius 3 is 2.41 bits per heavy atom. The van der Waals surface area contributed by atoms with Crippen LogP contribution < -0.4 is 5.32 Å². The predicted octanol–water partition coefficient (Wildman–Crippen LogP) is 3.73. The van der Waals surface area contributed by atoms with E-state index in [1.165, 1.54) is 12.8 Å². The van der Waals surface area contributed by atoms with Crippen LogP contribution in [0.2, 0.25) is 0 Å². The molecule has 1 aliphatic carbocycles. The van der Waals surface area contributed by atoms with Crippen molar-refractivity contribution >= 4 is 17.5 Å². The smallest absolute Gasteiger partial charge is 0.223 e. The van der Waals surface area contributed by atoms with Crippen molar-refractivity contribution in [3.05, 3.63) is 0 Å². The number of halogens is 1. The fourth-order valence-electron chi connectivity index (χ4n) is 2.46. The molecule has 0 spiro atoms. The van der Waals surface area contributed by atoms with Gasteiger partial charge in [0, 0.05) is 17.3 Å². The van der Waals surface area contributed by atoms with Gasteiger partial charge in [0.1, 0.15) is 0 Å². The maximum Gasteiger partial charge on any atom is 0.223 e. The van der Waals surface area contributed by atoms with E-state index in [4.69, 9.17) is 11.6 Å². The molecule has 1 amide bonds. The summed E-state index contributed by atoms with van der Waals surface area (Å²) < 4.78 is 0. The van der Waals surface area contributed by atoms with E-state index in [-0.39, 0.29) is 17.4 Å². The van der Waals surface area contributed by atoms with Crippen LogP contribution in [0.4, 0.5) is 0 Å². The van der Waals surface area contributed by atoms with Crippen molar-refractivity contribution in [2.45, 2.75) is 64.8 Å². The molecular formula is C14H26ClNO. The Balaban J connectivity index is 2.47. The highest BCUT2D eigenvalue weighted by Crippen LogP contribution is 2.29. The third-order valence-corrected chi connectivity index (χ3v) is 4.43. The normalized spacial score (nSPS) is 28.5. The highest BCUT2D eigenvalue weighted by atomic mass is 35.5. The van der Waals surface area contributed by atoms with Crippen LogP contribution in [-0.4, -0.2) is 17.3 Å². The number of alkyl halides is 1. The van der Waals surface area contributed by atoms with Crippen LogP contribution in [0, 0.1) is 11.8 Å². The van der Waals surface area contributed by atoms with Crippen LogP contribution in [0.25, 0.3) is 0 Å². The first-order chi connectivity index (χ1) is 8.00. The summed E-state index contributed by atoms with van der Waals surface area (Å²) >= 11 is 5.80. The molecule has 1 rings (SSSR count). The van der Waals surface area contributed by atoms with E-state index in [1.54, 1.807) is 0 Å². The van der Waals surface area contributed by atoms with Crippen molar-refractivity contribution in [1.82, 2.24) is 5.32 Å². The van der Waals surface area contributed by atoms with Crippen LogP contribution in [-0.2, 0) is 4.79 Å². The Kier molecular flexibility index (Phi) is 5.78. The molecule has 1 N–H and O–H groups in total. The lowest BCUT2D eigenvalue weighted by Crippen LogP contribution is -2.48. The number of carbonyl (C=O) groups is 1. The average Bonchev–Trinajstić information content (AvgIpc) is 2.30. The van der Waals surface area contributed by atoms with Gasteiger partial charge < -0.3 is 5.32 Å². The van der Waals surface area contributed by atoms with Crippen molar-refractivity contribution < 1.29 is 4.79 Å². The molecule has 1 atom stereocenters. The number of amides is 1. The molecule has 100 valence electrons. The summed E-state index contributed by atoms with van der Waals surface area (Å²) in [5.74, 6) is 1.87. The van der Waals surface area contributed by atoms with Crippen molar-refractivity contribution in [2.24, 2.45) is 11.8 Å². The van der Waals surface area contributed by atoms with Gasteiger partial charge in [0.05, 0.1) is 0 Å². The Morgan fingerprint density at radius 2 is 1.94 bits per heavy atom. The van der Waals surface area contributed by atoms with Gasteiger partial charge >= 0.3 is 0 Å². The molecule has 1 saturated carbocycles. The molecule has 0 saturated heterocycles. The molecule has 1 aliphatic rings. The van der Waals surface area contributed by atoms with Crippen molar-refractivity contribution in [3.8, 4) is 0 Å². The minimum atomic E-state index is -0.123. The molecule has 0 heterocycles. The molecule has 17 heavy (non-hydrogen) atoms. The van der Waals surface area contributed by atoms with Gasteiger partial charge in [0.2, 0.25) is 5.91 Å². The van der Waals surface area contributed by atoms with Crippen molar-refractivity contribution in [3.63, 3.8) is 0 Å². The first-order valence-corrected chi connectivity index (χ1v) is 7.42. The largest absolute Gasteiger partial charge is 0.351 e. The van der Waals surface area contributed by atoms with Gasteiger partial charge in [-0.3, -0.25) is 4.79 Å². The van der Waals surface area contributed by atoms with E-state index in [9.17, 15) is 4.79 Å². The SMILES string of the molecule is CCC(C)(CCCl)NC(=O)C1CCC(C)CC1. The minimum absolute atomic E-state index is 0.123. The van der Waals surface area contributed by atoms with Gasteiger partial charge in [-0.15, -0.1) is 11.6 Å². The number of hydrogen-bond donors (Lipinski definition) is 1. The molecule has 0 bridgehead atoms. The number of rotatable bonds is 5. The summed E-state index contributed by atoms with van der Waals surface area (Å²) in [6, 6.07) is 0. The molecule has 0 aromatic rings. The van der Waals surface area contributed by atoms with Gasteiger partial charge in [0.25, 0.3) is 0 Å². The van der Waals surface area contributed by atoms with Gasteiger partial charge in [-0.1, -0.05) is 13.8 Å². The lowest BCUT2D eigenvalue weighted by Gasteiger charge is -2.33. The molecule has 2 nitrogen and oxygen atoms in total. The Bertz CT molecular complexity index is 249. The Morgan fingerprint density at radius 1 is 1.35 bits per heavy atom. The van der Waals surface area contributed by atoms with E-state index >= 15 is 0 Å². The Hall–Kier alpha value is -0.240. The quantitative estimate of drug-likeness (QED) is 0.749. The maximum atomic E-state index is 12.2. The van der Waals surface area contributed by atoms with Crippen molar-refractivity contribution in [1.29, 1.82) is 0 Å². The molecule has 0 aromatic heterocycles. The predicted molar refractivity (Wildman–Crippen MR) is 73.3 cm³/mol. The zero-order chi connectivity index (χ0) is 12.9. The highest BCUT2D eigenvalue weighted by molar-refractivity contribution is 6.17. The van der Waals surface area contributed by atoms with Gasteiger partial charge in [0.15, 0.2) is 0 Å². The summed E-state index contributed by atoms with van der Waals surface area (Å²) in [7, 11) is 0. The van der Waals surface area contributed by atoms with Gasteiger partial charge in [-0.05, 0) is 51.4 Å². The molecule has 1 unspecified atom stereocenters. The van der Waals surface area contributed by atoms with Crippen LogP contribution >= 0.6 is 11.6 Å². The van der Waals surface area contributed by atoms with E-state index in [0.717, 1.165) is 31.6 Å². The first kappa shape index (κ1) is 14.8. The molecule has 3 heteroatoms. The monoisotopic (exact) mass is 259 g/mol. The number of hydrogen-bond acceptors (Lipinski definition) is 1. The average molecular weight is 260 g/mol. The summed E-state index contributed by atoms with van der Waals surface area (Å²) in [5, 5.41) is 3.21. The summed E-state index contributed by atoms with van der Waals surface area (Å²) in [4.78, 5) is 12.2. The minimum Gasteiger partial charge on any atom is -0.351 e. The second kappa shape index (κ2) is 6.63. The molecule has 0 aliphatic heterocycles. The van der Waals surface area contributed by atoms with Crippen LogP contribution in [0.15, 0.2) is 0 Å². The molecule has 0 radical (unpaired) electrons. The second-order valence-electron chi connectivity index (χ2n) is 5.80. The fourth-order valence-corrected chi connectivity index (χ4v) is 2.88. The lowest BCUT2D eigenvalue weighted by molar-refractivity contribution is -0.128. The third-order valence-electron chi connectivity index (χ3n) is 4.24. The zero-order valence-corrected chi connectivity index (χ0v) is 12.1. The van der Waals surface area contributed by atoms with Crippen molar-refractivity contribution in [2.75, 3.05) is 5.88 Å². The molecule has 0 aromatic carbocycles. The van der Waals surface area contributed by atoms with Crippen LogP contribution in [0.3, 0.4) is 0 Å². The van der Waals surface area contributed by atoms with Crippen LogP contribution in [0.1, 0.15) is 59.3 Å². The Labute approximate surface area is 110 Å². The van der Waals surface area contributed by atoms with Gasteiger partial charge in [-0.2, -0.15) is 0 Å². The van der Waals surface area contributed by atoms with E-state index < -0.39 is 0 Å². The molecular weight excluding hydrogens is 234 g/mol. The van der Waals surface area contributed by atoms with E-state index in [1.807, 2.05) is 0 Å². The highest BCUT2D eigenvalue weighted by Gasteiger charge is 2.29. The standard InChI is InChI=1S/C14H26ClNO/c1-4-14(3,9-10-15)16-13(17)12-7-5-11(2)6-8-12/h11-12H,4-10H2,1-3H3,(H,16,17). The summed E-state index contributed by atoms with van der Waals surface area (Å²) in [6.07, 6.45) is 6.27.